The molecular weight excluding hydrogens is 326 g/mol. The summed E-state index contributed by atoms with van der Waals surface area (Å²) in [4.78, 5) is 14.6. The number of benzene rings is 1. The van der Waals surface area contributed by atoms with Crippen LogP contribution in [0.2, 0.25) is 0 Å². The second-order valence-electron chi connectivity index (χ2n) is 6.59. The number of rotatable bonds is 7. The molecule has 2 rings (SSSR count). The maximum Gasteiger partial charge on any atom is 0.251 e. The first-order valence-electron chi connectivity index (χ1n) is 8.42. The van der Waals surface area contributed by atoms with E-state index in [-0.39, 0.29) is 5.91 Å². The highest BCUT2D eigenvalue weighted by atomic mass is 32.2. The topological polar surface area (TPSA) is 78.5 Å². The molecule has 6 nitrogen and oxygen atoms in total. The van der Waals surface area contributed by atoms with Crippen molar-refractivity contribution in [1.82, 2.24) is 10.2 Å². The fourth-order valence-electron chi connectivity index (χ4n) is 2.83. The number of hydrogen-bond acceptors (Lipinski definition) is 4. The number of anilines is 1. The minimum atomic E-state index is -3.34. The lowest BCUT2D eigenvalue weighted by Gasteiger charge is -2.30. The molecule has 0 bridgehead atoms. The van der Waals surface area contributed by atoms with Crippen LogP contribution in [-0.4, -0.2) is 51.7 Å². The van der Waals surface area contributed by atoms with Crippen LogP contribution in [0.4, 0.5) is 5.69 Å². The molecule has 134 valence electrons. The highest BCUT2D eigenvalue weighted by Gasteiger charge is 2.15. The summed E-state index contributed by atoms with van der Waals surface area (Å²) in [5.41, 5.74) is 0.850. The maximum absolute atomic E-state index is 12.2. The second-order valence-corrected chi connectivity index (χ2v) is 8.34. The molecule has 0 atom stereocenters. The average molecular weight is 353 g/mol. The average Bonchev–Trinajstić information content (AvgIpc) is 2.51. The van der Waals surface area contributed by atoms with E-state index in [0.717, 1.165) is 38.2 Å². The Morgan fingerprint density at radius 2 is 2.00 bits per heavy atom. The molecule has 0 spiro atoms. The first-order valence-corrected chi connectivity index (χ1v) is 10.3. The van der Waals surface area contributed by atoms with E-state index in [1.165, 1.54) is 12.8 Å². The van der Waals surface area contributed by atoms with Crippen molar-refractivity contribution < 1.29 is 13.2 Å². The lowest BCUT2D eigenvalue weighted by atomic mass is 9.99. The molecule has 0 aromatic heterocycles. The van der Waals surface area contributed by atoms with Crippen molar-refractivity contribution in [2.45, 2.75) is 26.2 Å². The summed E-state index contributed by atoms with van der Waals surface area (Å²) < 4.78 is 24.9. The molecule has 0 aliphatic carbocycles. The number of nitrogens with zero attached hydrogens (tertiary/aromatic N) is 1. The van der Waals surface area contributed by atoms with Crippen LogP contribution < -0.4 is 10.0 Å². The van der Waals surface area contributed by atoms with Gasteiger partial charge in [-0.3, -0.25) is 9.52 Å². The van der Waals surface area contributed by atoms with Crippen LogP contribution in [0.5, 0.6) is 0 Å². The van der Waals surface area contributed by atoms with E-state index in [9.17, 15) is 13.2 Å². The second kappa shape index (κ2) is 8.48. The van der Waals surface area contributed by atoms with Gasteiger partial charge in [-0.25, -0.2) is 8.42 Å². The van der Waals surface area contributed by atoms with Crippen molar-refractivity contribution in [1.29, 1.82) is 0 Å². The Kier molecular flexibility index (Phi) is 6.62. The number of amides is 1. The molecule has 1 saturated heterocycles. The quantitative estimate of drug-likeness (QED) is 0.734. The summed E-state index contributed by atoms with van der Waals surface area (Å²) in [6.45, 7) is 6.21. The zero-order valence-electron chi connectivity index (χ0n) is 14.4. The molecule has 1 fully saturated rings. The molecule has 1 heterocycles. The van der Waals surface area contributed by atoms with Gasteiger partial charge in [0, 0.05) is 17.8 Å². The van der Waals surface area contributed by atoms with Crippen LogP contribution in [0.3, 0.4) is 0 Å². The van der Waals surface area contributed by atoms with Crippen LogP contribution in [-0.2, 0) is 10.0 Å². The lowest BCUT2D eigenvalue weighted by Crippen LogP contribution is -2.35. The van der Waals surface area contributed by atoms with Gasteiger partial charge in [-0.2, -0.15) is 0 Å². The van der Waals surface area contributed by atoms with Crippen molar-refractivity contribution in [2.75, 3.05) is 37.2 Å². The highest BCUT2D eigenvalue weighted by Crippen LogP contribution is 2.16. The number of sulfonamides is 1. The van der Waals surface area contributed by atoms with Gasteiger partial charge >= 0.3 is 0 Å². The number of carbonyl (C=O) groups excluding carboxylic acids is 1. The third-order valence-electron chi connectivity index (χ3n) is 4.24. The van der Waals surface area contributed by atoms with Crippen molar-refractivity contribution in [3.63, 3.8) is 0 Å². The van der Waals surface area contributed by atoms with Crippen LogP contribution in [0.1, 0.15) is 36.5 Å². The van der Waals surface area contributed by atoms with Gasteiger partial charge in [0.15, 0.2) is 0 Å². The fourth-order valence-corrected chi connectivity index (χ4v) is 3.39. The van der Waals surface area contributed by atoms with Gasteiger partial charge < -0.3 is 10.2 Å². The van der Waals surface area contributed by atoms with Crippen LogP contribution >= 0.6 is 0 Å². The van der Waals surface area contributed by atoms with E-state index in [0.29, 0.717) is 17.8 Å². The van der Waals surface area contributed by atoms with Crippen molar-refractivity contribution in [3.8, 4) is 0 Å². The maximum atomic E-state index is 12.2. The minimum Gasteiger partial charge on any atom is -0.352 e. The number of hydrogen-bond donors (Lipinski definition) is 2. The Bertz CT molecular complexity index is 653. The summed E-state index contributed by atoms with van der Waals surface area (Å²) in [6, 6.07) is 6.50. The normalized spacial score (nSPS) is 16.8. The van der Waals surface area contributed by atoms with Gasteiger partial charge in [-0.15, -0.1) is 0 Å². The summed E-state index contributed by atoms with van der Waals surface area (Å²) in [7, 11) is -3.34. The number of piperidine rings is 1. The number of likely N-dealkylation sites (tertiary alicyclic amines) is 1. The van der Waals surface area contributed by atoms with Gasteiger partial charge in [0.05, 0.1) is 6.26 Å². The largest absolute Gasteiger partial charge is 0.352 e. The molecule has 2 N–H and O–H groups in total. The number of carbonyl (C=O) groups is 1. The zero-order chi connectivity index (χ0) is 17.6. The Hall–Kier alpha value is -1.60. The molecule has 1 aromatic carbocycles. The van der Waals surface area contributed by atoms with E-state index >= 15 is 0 Å². The van der Waals surface area contributed by atoms with E-state index in [4.69, 9.17) is 0 Å². The molecule has 1 aliphatic heterocycles. The molecule has 0 radical (unpaired) electrons. The standard InChI is InChI=1S/C17H27N3O3S/c1-14-7-11-20(12-8-14)10-4-9-18-17(21)15-5-3-6-16(13-15)19-24(2,22)23/h3,5-6,13-14,19H,4,7-12H2,1-2H3,(H,18,21). The summed E-state index contributed by atoms with van der Waals surface area (Å²) in [6.07, 6.45) is 4.52. The molecule has 0 saturated carbocycles. The van der Waals surface area contributed by atoms with E-state index in [2.05, 4.69) is 21.9 Å². The Morgan fingerprint density at radius 1 is 1.29 bits per heavy atom. The summed E-state index contributed by atoms with van der Waals surface area (Å²) >= 11 is 0. The van der Waals surface area contributed by atoms with Crippen molar-refractivity contribution >= 4 is 21.6 Å². The Labute approximate surface area is 144 Å². The lowest BCUT2D eigenvalue weighted by molar-refractivity contribution is 0.0950. The molecule has 0 unspecified atom stereocenters. The first kappa shape index (κ1) is 18.7. The van der Waals surface area contributed by atoms with E-state index in [1.54, 1.807) is 24.3 Å². The molecule has 1 aliphatic rings. The predicted octanol–water partition coefficient (Wildman–Crippen LogP) is 1.91. The van der Waals surface area contributed by atoms with E-state index in [1.807, 2.05) is 0 Å². The first-order chi connectivity index (χ1) is 11.3. The fraction of sp³-hybridized carbons (Fsp3) is 0.588. The zero-order valence-corrected chi connectivity index (χ0v) is 15.2. The third kappa shape index (κ3) is 6.49. The number of nitrogens with one attached hydrogen (secondary N) is 2. The van der Waals surface area contributed by atoms with Gasteiger partial charge in [-0.1, -0.05) is 13.0 Å². The monoisotopic (exact) mass is 353 g/mol. The van der Waals surface area contributed by atoms with E-state index < -0.39 is 10.0 Å². The Morgan fingerprint density at radius 3 is 2.67 bits per heavy atom. The van der Waals surface area contributed by atoms with Gasteiger partial charge in [0.25, 0.3) is 5.91 Å². The van der Waals surface area contributed by atoms with Crippen molar-refractivity contribution in [3.05, 3.63) is 29.8 Å². The highest BCUT2D eigenvalue weighted by molar-refractivity contribution is 7.92. The third-order valence-corrected chi connectivity index (χ3v) is 4.85. The predicted molar refractivity (Wildman–Crippen MR) is 96.7 cm³/mol. The molecule has 24 heavy (non-hydrogen) atoms. The van der Waals surface area contributed by atoms with Crippen LogP contribution in [0.25, 0.3) is 0 Å². The smallest absolute Gasteiger partial charge is 0.251 e. The van der Waals surface area contributed by atoms with Crippen LogP contribution in [0.15, 0.2) is 24.3 Å². The SMILES string of the molecule is CC1CCN(CCCNC(=O)c2cccc(NS(C)(=O)=O)c2)CC1. The molecule has 7 heteroatoms. The summed E-state index contributed by atoms with van der Waals surface area (Å²) in [5, 5.41) is 2.89. The molecule has 1 amide bonds. The van der Waals surface area contributed by atoms with Gasteiger partial charge in [-0.05, 0) is 63.0 Å². The Balaban J connectivity index is 1.75. The molecule has 1 aromatic rings. The van der Waals surface area contributed by atoms with Gasteiger partial charge in [0.2, 0.25) is 10.0 Å². The summed E-state index contributed by atoms with van der Waals surface area (Å²) in [5.74, 6) is 0.646. The van der Waals surface area contributed by atoms with Crippen LogP contribution in [0, 0.1) is 5.92 Å². The van der Waals surface area contributed by atoms with Crippen molar-refractivity contribution in [2.24, 2.45) is 5.92 Å². The molecular formula is C17H27N3O3S. The minimum absolute atomic E-state index is 0.181. The van der Waals surface area contributed by atoms with Gasteiger partial charge in [0.1, 0.15) is 0 Å².